The molecule has 180 valence electrons. The summed E-state index contributed by atoms with van der Waals surface area (Å²) in [6.07, 6.45) is 0.925. The number of phenols is 1. The number of hydrogen-bond acceptors (Lipinski definition) is 6. The first-order valence-electron chi connectivity index (χ1n) is 11.5. The monoisotopic (exact) mass is 465 g/mol. The van der Waals surface area contributed by atoms with Crippen LogP contribution in [0.15, 0.2) is 36.4 Å². The van der Waals surface area contributed by atoms with Crippen molar-refractivity contribution in [1.29, 1.82) is 0 Å². The van der Waals surface area contributed by atoms with Crippen LogP contribution in [0.4, 0.5) is 0 Å². The summed E-state index contributed by atoms with van der Waals surface area (Å²) in [4.78, 5) is 14.8. The number of hydrogen-bond donors (Lipinski definition) is 3. The van der Waals surface area contributed by atoms with Crippen molar-refractivity contribution in [2.45, 2.75) is 33.2 Å². The fourth-order valence-corrected chi connectivity index (χ4v) is 4.30. The van der Waals surface area contributed by atoms with Crippen molar-refractivity contribution >= 4 is 5.91 Å². The zero-order chi connectivity index (χ0) is 24.4. The molecule has 0 bridgehead atoms. The highest BCUT2D eigenvalue weighted by Gasteiger charge is 2.42. The molecule has 0 aliphatic carbocycles. The maximum Gasteiger partial charge on any atom is 0.273 e. The van der Waals surface area contributed by atoms with E-state index >= 15 is 0 Å². The van der Waals surface area contributed by atoms with Crippen LogP contribution in [0.25, 0.3) is 11.3 Å². The molecule has 2 aromatic carbocycles. The summed E-state index contributed by atoms with van der Waals surface area (Å²) >= 11 is 0. The number of fused-ring (bicyclic) bond motifs is 1. The van der Waals surface area contributed by atoms with Crippen LogP contribution in [0.2, 0.25) is 0 Å². The van der Waals surface area contributed by atoms with Crippen molar-refractivity contribution in [1.82, 2.24) is 15.1 Å². The number of aryl methyl sites for hydroxylation is 1. The molecule has 0 fully saturated rings. The van der Waals surface area contributed by atoms with Crippen molar-refractivity contribution in [3.05, 3.63) is 58.8 Å². The highest BCUT2D eigenvalue weighted by Crippen LogP contribution is 2.45. The van der Waals surface area contributed by atoms with E-state index in [2.05, 4.69) is 24.0 Å². The second-order valence-electron chi connectivity index (χ2n) is 8.95. The third kappa shape index (κ3) is 4.33. The Bertz CT molecular complexity index is 1190. The minimum atomic E-state index is -0.512. The lowest BCUT2D eigenvalue weighted by Crippen LogP contribution is -2.32. The van der Waals surface area contributed by atoms with E-state index in [0.29, 0.717) is 46.5 Å². The van der Waals surface area contributed by atoms with E-state index in [1.54, 1.807) is 18.1 Å². The van der Waals surface area contributed by atoms with Gasteiger partial charge in [-0.1, -0.05) is 31.5 Å². The second-order valence-corrected chi connectivity index (χ2v) is 8.95. The summed E-state index contributed by atoms with van der Waals surface area (Å²) in [6.45, 7) is 6.76. The number of methoxy groups -OCH3 is 1. The quantitative estimate of drug-likeness (QED) is 0.440. The summed E-state index contributed by atoms with van der Waals surface area (Å²) in [5.41, 5.74) is 3.82. The molecule has 1 aliphatic heterocycles. The van der Waals surface area contributed by atoms with Gasteiger partial charge in [-0.2, -0.15) is 5.10 Å². The maximum atomic E-state index is 13.2. The number of β-amino-alcohol motifs (C(OH)–C–C–N with tert-alkyl or cyclic N) is 1. The van der Waals surface area contributed by atoms with Crippen molar-refractivity contribution < 1.29 is 24.5 Å². The Kier molecular flexibility index (Phi) is 6.79. The normalized spacial score (nSPS) is 15.2. The Morgan fingerprint density at radius 2 is 1.97 bits per heavy atom. The second kappa shape index (κ2) is 9.77. The first-order chi connectivity index (χ1) is 16.3. The molecular weight excluding hydrogens is 434 g/mol. The largest absolute Gasteiger partial charge is 0.507 e. The summed E-state index contributed by atoms with van der Waals surface area (Å²) in [5, 5.41) is 27.5. The zero-order valence-electron chi connectivity index (χ0n) is 20.0. The van der Waals surface area contributed by atoms with Gasteiger partial charge in [0.1, 0.15) is 17.1 Å². The molecule has 8 nitrogen and oxygen atoms in total. The minimum absolute atomic E-state index is 0.0817. The molecule has 34 heavy (non-hydrogen) atoms. The van der Waals surface area contributed by atoms with Gasteiger partial charge in [0.05, 0.1) is 26.4 Å². The van der Waals surface area contributed by atoms with Gasteiger partial charge in [-0.05, 0) is 49.1 Å². The number of aliphatic hydroxyl groups excluding tert-OH is 1. The fraction of sp³-hybridized carbons (Fsp3) is 0.385. The van der Waals surface area contributed by atoms with E-state index in [1.165, 1.54) is 0 Å². The van der Waals surface area contributed by atoms with Gasteiger partial charge < -0.3 is 24.6 Å². The van der Waals surface area contributed by atoms with E-state index in [1.807, 2.05) is 37.3 Å². The lowest BCUT2D eigenvalue weighted by molar-refractivity contribution is 0.0706. The average Bonchev–Trinajstić information content (AvgIpc) is 3.35. The number of amides is 1. The van der Waals surface area contributed by atoms with Gasteiger partial charge in [-0.3, -0.25) is 9.89 Å². The van der Waals surface area contributed by atoms with Gasteiger partial charge in [0.25, 0.3) is 5.91 Å². The lowest BCUT2D eigenvalue weighted by Gasteiger charge is -2.26. The highest BCUT2D eigenvalue weighted by atomic mass is 16.5. The SMILES string of the molecule is COc1cc([C@H]2c3c(-c4cc(C)ccc4O)n[nH]c3C(=O)N2CCO)ccc1OCCC(C)C. The summed E-state index contributed by atoms with van der Waals surface area (Å²) in [6, 6.07) is 10.4. The van der Waals surface area contributed by atoms with Crippen molar-refractivity contribution in [3.8, 4) is 28.5 Å². The topological polar surface area (TPSA) is 108 Å². The van der Waals surface area contributed by atoms with Gasteiger partial charge in [0.2, 0.25) is 0 Å². The number of carbonyl (C=O) groups excluding carboxylic acids is 1. The Morgan fingerprint density at radius 1 is 1.18 bits per heavy atom. The van der Waals surface area contributed by atoms with E-state index in [-0.39, 0.29) is 24.8 Å². The van der Waals surface area contributed by atoms with Gasteiger partial charge in [0, 0.05) is 17.7 Å². The lowest BCUT2D eigenvalue weighted by atomic mass is 9.95. The molecule has 2 heterocycles. The molecule has 1 aromatic heterocycles. The molecule has 1 atom stereocenters. The van der Waals surface area contributed by atoms with Crippen LogP contribution < -0.4 is 9.47 Å². The first-order valence-corrected chi connectivity index (χ1v) is 11.5. The Balaban J connectivity index is 1.79. The number of aromatic hydroxyl groups is 1. The summed E-state index contributed by atoms with van der Waals surface area (Å²) < 4.78 is 11.5. The van der Waals surface area contributed by atoms with Crippen LogP contribution in [-0.2, 0) is 0 Å². The third-order valence-electron chi connectivity index (χ3n) is 6.07. The maximum absolute atomic E-state index is 13.2. The Labute approximate surface area is 199 Å². The number of aliphatic hydroxyl groups is 1. The molecule has 4 rings (SSSR count). The van der Waals surface area contributed by atoms with Gasteiger partial charge in [-0.15, -0.1) is 0 Å². The number of phenolic OH excluding ortho intramolecular Hbond substituents is 1. The predicted molar refractivity (Wildman–Crippen MR) is 128 cm³/mol. The van der Waals surface area contributed by atoms with E-state index in [4.69, 9.17) is 9.47 Å². The fourth-order valence-electron chi connectivity index (χ4n) is 4.30. The number of benzene rings is 2. The zero-order valence-corrected chi connectivity index (χ0v) is 20.0. The van der Waals surface area contributed by atoms with E-state index in [9.17, 15) is 15.0 Å². The number of nitrogens with zero attached hydrogens (tertiary/aromatic N) is 2. The van der Waals surface area contributed by atoms with Crippen LogP contribution in [0.5, 0.6) is 17.2 Å². The molecule has 0 saturated carbocycles. The van der Waals surface area contributed by atoms with Crippen LogP contribution in [0.1, 0.15) is 53.5 Å². The predicted octanol–water partition coefficient (Wildman–Crippen LogP) is 4.06. The molecule has 1 amide bonds. The molecule has 8 heteroatoms. The van der Waals surface area contributed by atoms with Crippen molar-refractivity contribution in [3.63, 3.8) is 0 Å². The van der Waals surface area contributed by atoms with Crippen molar-refractivity contribution in [2.75, 3.05) is 26.9 Å². The van der Waals surface area contributed by atoms with Crippen LogP contribution in [-0.4, -0.2) is 58.1 Å². The molecule has 1 aliphatic rings. The Hall–Kier alpha value is -3.52. The van der Waals surface area contributed by atoms with Crippen LogP contribution in [0.3, 0.4) is 0 Å². The molecule has 0 unspecified atom stereocenters. The smallest absolute Gasteiger partial charge is 0.273 e. The Morgan fingerprint density at radius 3 is 2.68 bits per heavy atom. The van der Waals surface area contributed by atoms with Gasteiger partial charge in [-0.25, -0.2) is 0 Å². The summed E-state index contributed by atoms with van der Waals surface area (Å²) in [7, 11) is 1.58. The number of ether oxygens (including phenoxy) is 2. The van der Waals surface area contributed by atoms with Gasteiger partial charge >= 0.3 is 0 Å². The van der Waals surface area contributed by atoms with Crippen LogP contribution >= 0.6 is 0 Å². The minimum Gasteiger partial charge on any atom is -0.507 e. The molecule has 3 aromatic rings. The third-order valence-corrected chi connectivity index (χ3v) is 6.07. The number of aromatic amines is 1. The number of H-pyrrole nitrogens is 1. The van der Waals surface area contributed by atoms with Crippen LogP contribution in [0, 0.1) is 12.8 Å². The molecule has 0 radical (unpaired) electrons. The molecular formula is C26H31N3O5. The molecule has 0 saturated heterocycles. The summed E-state index contributed by atoms with van der Waals surface area (Å²) in [5.74, 6) is 1.55. The number of carbonyl (C=O) groups is 1. The standard InChI is InChI=1S/C26H31N3O5/c1-15(2)9-12-34-20-8-6-17(14-21(20)33-4)25-22-23(18-13-16(3)5-7-19(18)31)27-28-24(22)26(32)29(25)10-11-30/h5-8,13-15,25,30-31H,9-12H2,1-4H3,(H,27,28)/t25-/m0/s1. The van der Waals surface area contributed by atoms with Crippen molar-refractivity contribution in [2.24, 2.45) is 5.92 Å². The van der Waals surface area contributed by atoms with Gasteiger partial charge in [0.15, 0.2) is 11.5 Å². The van der Waals surface area contributed by atoms with E-state index in [0.717, 1.165) is 17.5 Å². The molecule has 3 N–H and O–H groups in total. The average molecular weight is 466 g/mol. The first kappa shape index (κ1) is 23.6. The number of nitrogens with one attached hydrogen (secondary N) is 1. The number of aromatic nitrogens is 2. The number of rotatable bonds is 9. The van der Waals surface area contributed by atoms with E-state index < -0.39 is 6.04 Å². The highest BCUT2D eigenvalue weighted by molar-refractivity contribution is 6.00. The molecule has 0 spiro atoms.